The molecule has 0 fully saturated rings. The first kappa shape index (κ1) is 13.1. The van der Waals surface area contributed by atoms with Gasteiger partial charge in [0, 0.05) is 25.4 Å². The minimum Gasteiger partial charge on any atom is -0.380 e. The molecule has 1 aromatic heterocycles. The van der Waals surface area contributed by atoms with Crippen molar-refractivity contribution >= 4 is 0 Å². The van der Waals surface area contributed by atoms with Gasteiger partial charge in [-0.15, -0.1) is 0 Å². The second-order valence-electron chi connectivity index (χ2n) is 4.40. The topological polar surface area (TPSA) is 34.1 Å². The fourth-order valence-corrected chi connectivity index (χ4v) is 1.40. The third kappa shape index (κ3) is 5.24. The highest BCUT2D eigenvalue weighted by Crippen LogP contribution is 2.06. The van der Waals surface area contributed by atoms with E-state index in [0.29, 0.717) is 5.92 Å². The number of rotatable bonds is 7. The number of pyridine rings is 1. The molecule has 3 heteroatoms. The quantitative estimate of drug-likeness (QED) is 0.719. The first-order valence-electron chi connectivity index (χ1n) is 5.92. The summed E-state index contributed by atoms with van der Waals surface area (Å²) in [5, 5.41) is 3.39. The normalized spacial score (nSPS) is 13.0. The van der Waals surface area contributed by atoms with Gasteiger partial charge in [-0.05, 0) is 25.0 Å². The van der Waals surface area contributed by atoms with Crippen LogP contribution in [0.15, 0.2) is 24.4 Å². The summed E-state index contributed by atoms with van der Waals surface area (Å²) in [7, 11) is 0. The third-order valence-electron chi connectivity index (χ3n) is 2.28. The van der Waals surface area contributed by atoms with Crippen LogP contribution in [-0.2, 0) is 4.74 Å². The van der Waals surface area contributed by atoms with Gasteiger partial charge in [0.2, 0.25) is 0 Å². The molecule has 1 aromatic rings. The molecule has 0 aliphatic heterocycles. The fourth-order valence-electron chi connectivity index (χ4n) is 1.40. The van der Waals surface area contributed by atoms with Crippen molar-refractivity contribution in [1.29, 1.82) is 0 Å². The van der Waals surface area contributed by atoms with Gasteiger partial charge in [-0.25, -0.2) is 0 Å². The van der Waals surface area contributed by atoms with Gasteiger partial charge in [-0.3, -0.25) is 4.98 Å². The van der Waals surface area contributed by atoms with Crippen molar-refractivity contribution in [1.82, 2.24) is 10.3 Å². The van der Waals surface area contributed by atoms with Gasteiger partial charge < -0.3 is 10.1 Å². The van der Waals surface area contributed by atoms with Crippen LogP contribution in [0.4, 0.5) is 0 Å². The second-order valence-corrected chi connectivity index (χ2v) is 4.40. The summed E-state index contributed by atoms with van der Waals surface area (Å²) >= 11 is 0. The molecule has 0 bridgehead atoms. The highest BCUT2D eigenvalue weighted by atomic mass is 16.5. The molecule has 0 amide bonds. The first-order chi connectivity index (χ1) is 7.70. The second kappa shape index (κ2) is 7.36. The zero-order chi connectivity index (χ0) is 11.8. The van der Waals surface area contributed by atoms with Crippen LogP contribution in [-0.4, -0.2) is 24.7 Å². The van der Waals surface area contributed by atoms with Crippen molar-refractivity contribution in [3.05, 3.63) is 30.1 Å². The molecule has 0 saturated heterocycles. The van der Waals surface area contributed by atoms with Crippen LogP contribution in [0.2, 0.25) is 0 Å². The van der Waals surface area contributed by atoms with Crippen molar-refractivity contribution in [3.8, 4) is 0 Å². The van der Waals surface area contributed by atoms with E-state index in [4.69, 9.17) is 4.74 Å². The molecule has 1 rings (SSSR count). The van der Waals surface area contributed by atoms with Gasteiger partial charge in [-0.2, -0.15) is 0 Å². The van der Waals surface area contributed by atoms with Crippen LogP contribution in [0.25, 0.3) is 0 Å². The van der Waals surface area contributed by atoms with E-state index in [1.54, 1.807) is 0 Å². The SMILES string of the molecule is CC(C)COCCNC(C)c1ccccn1. The lowest BCUT2D eigenvalue weighted by Crippen LogP contribution is -2.24. The van der Waals surface area contributed by atoms with E-state index in [1.165, 1.54) is 0 Å². The number of nitrogens with zero attached hydrogens (tertiary/aromatic N) is 1. The molecule has 0 spiro atoms. The molecule has 0 aromatic carbocycles. The molecule has 3 nitrogen and oxygen atoms in total. The van der Waals surface area contributed by atoms with Gasteiger partial charge in [0.25, 0.3) is 0 Å². The van der Waals surface area contributed by atoms with E-state index in [-0.39, 0.29) is 6.04 Å². The summed E-state index contributed by atoms with van der Waals surface area (Å²) in [5.74, 6) is 0.605. The minimum absolute atomic E-state index is 0.281. The Bertz CT molecular complexity index is 275. The molecule has 1 unspecified atom stereocenters. The van der Waals surface area contributed by atoms with Crippen LogP contribution in [0.5, 0.6) is 0 Å². The Balaban J connectivity index is 2.14. The van der Waals surface area contributed by atoms with Crippen molar-refractivity contribution < 1.29 is 4.74 Å². The Labute approximate surface area is 98.2 Å². The summed E-state index contributed by atoms with van der Waals surface area (Å²) in [6, 6.07) is 6.26. The number of hydrogen-bond acceptors (Lipinski definition) is 3. The predicted octanol–water partition coefficient (Wildman–Crippen LogP) is 2.40. The monoisotopic (exact) mass is 222 g/mol. The van der Waals surface area contributed by atoms with Gasteiger partial charge in [-0.1, -0.05) is 19.9 Å². The molecule has 1 N–H and O–H groups in total. The zero-order valence-corrected chi connectivity index (χ0v) is 10.4. The third-order valence-corrected chi connectivity index (χ3v) is 2.28. The Morgan fingerprint density at radius 1 is 1.31 bits per heavy atom. The summed E-state index contributed by atoms with van der Waals surface area (Å²) < 4.78 is 5.50. The van der Waals surface area contributed by atoms with E-state index in [9.17, 15) is 0 Å². The standard InChI is InChI=1S/C13H22N2O/c1-11(2)10-16-9-8-14-12(3)13-6-4-5-7-15-13/h4-7,11-12,14H,8-10H2,1-3H3. The van der Waals surface area contributed by atoms with Crippen LogP contribution >= 0.6 is 0 Å². The van der Waals surface area contributed by atoms with Crippen molar-refractivity contribution in [2.75, 3.05) is 19.8 Å². The van der Waals surface area contributed by atoms with Gasteiger partial charge >= 0.3 is 0 Å². The smallest absolute Gasteiger partial charge is 0.0591 e. The Hall–Kier alpha value is -0.930. The fraction of sp³-hybridized carbons (Fsp3) is 0.615. The number of ether oxygens (including phenoxy) is 1. The predicted molar refractivity (Wildman–Crippen MR) is 66.3 cm³/mol. The summed E-state index contributed by atoms with van der Waals surface area (Å²) in [6.07, 6.45) is 1.82. The highest BCUT2D eigenvalue weighted by molar-refractivity contribution is 5.07. The lowest BCUT2D eigenvalue weighted by atomic mass is 10.2. The molecule has 0 aliphatic rings. The molecule has 0 aliphatic carbocycles. The van der Waals surface area contributed by atoms with E-state index in [1.807, 2.05) is 24.4 Å². The first-order valence-corrected chi connectivity index (χ1v) is 5.92. The maximum Gasteiger partial charge on any atom is 0.0591 e. The Morgan fingerprint density at radius 3 is 2.75 bits per heavy atom. The molecular formula is C13H22N2O. The van der Waals surface area contributed by atoms with Gasteiger partial charge in [0.1, 0.15) is 0 Å². The minimum atomic E-state index is 0.281. The summed E-state index contributed by atoms with van der Waals surface area (Å²) in [5.41, 5.74) is 1.08. The average Bonchev–Trinajstić information content (AvgIpc) is 2.29. The van der Waals surface area contributed by atoms with E-state index >= 15 is 0 Å². The van der Waals surface area contributed by atoms with Crippen molar-refractivity contribution in [2.45, 2.75) is 26.8 Å². The maximum atomic E-state index is 5.50. The molecule has 0 saturated carbocycles. The maximum absolute atomic E-state index is 5.50. The molecular weight excluding hydrogens is 200 g/mol. The van der Waals surface area contributed by atoms with Crippen LogP contribution < -0.4 is 5.32 Å². The average molecular weight is 222 g/mol. The largest absolute Gasteiger partial charge is 0.380 e. The van der Waals surface area contributed by atoms with E-state index in [2.05, 4.69) is 31.1 Å². The zero-order valence-electron chi connectivity index (χ0n) is 10.4. The van der Waals surface area contributed by atoms with Crippen molar-refractivity contribution in [2.24, 2.45) is 5.92 Å². The van der Waals surface area contributed by atoms with E-state index < -0.39 is 0 Å². The van der Waals surface area contributed by atoms with Crippen LogP contribution in [0.3, 0.4) is 0 Å². The van der Waals surface area contributed by atoms with E-state index in [0.717, 1.165) is 25.5 Å². The number of nitrogens with one attached hydrogen (secondary N) is 1. The van der Waals surface area contributed by atoms with Gasteiger partial charge in [0.15, 0.2) is 0 Å². The molecule has 90 valence electrons. The molecule has 1 atom stereocenters. The van der Waals surface area contributed by atoms with Crippen LogP contribution in [0.1, 0.15) is 32.5 Å². The number of aromatic nitrogens is 1. The lowest BCUT2D eigenvalue weighted by molar-refractivity contribution is 0.110. The summed E-state index contributed by atoms with van der Waals surface area (Å²) in [4.78, 5) is 4.30. The summed E-state index contributed by atoms with van der Waals surface area (Å²) in [6.45, 7) is 8.89. The molecule has 0 radical (unpaired) electrons. The Morgan fingerprint density at radius 2 is 2.12 bits per heavy atom. The highest BCUT2D eigenvalue weighted by Gasteiger charge is 2.04. The Kier molecular flexibility index (Phi) is 6.04. The van der Waals surface area contributed by atoms with Crippen LogP contribution in [0, 0.1) is 5.92 Å². The van der Waals surface area contributed by atoms with Gasteiger partial charge in [0.05, 0.1) is 12.3 Å². The molecule has 16 heavy (non-hydrogen) atoms. The van der Waals surface area contributed by atoms with Crippen molar-refractivity contribution in [3.63, 3.8) is 0 Å². The molecule has 1 heterocycles. The lowest BCUT2D eigenvalue weighted by Gasteiger charge is -2.13. The number of hydrogen-bond donors (Lipinski definition) is 1.